The maximum absolute atomic E-state index is 12.2. The van der Waals surface area contributed by atoms with E-state index in [-0.39, 0.29) is 11.6 Å². The first-order valence-electron chi connectivity index (χ1n) is 8.79. The zero-order valence-corrected chi connectivity index (χ0v) is 17.3. The number of aliphatic imine (C=N–C) groups is 1. The van der Waals surface area contributed by atoms with Gasteiger partial charge in [-0.15, -0.1) is 0 Å². The number of nitrogens with zero attached hydrogens (tertiary/aromatic N) is 1. The van der Waals surface area contributed by atoms with Crippen molar-refractivity contribution >= 4 is 33.9 Å². The SMILES string of the molecule is C=C(C)COc1ccc(/C=C2/N=C(c3cccc(Br)c3)OC2=O)cc1OCC. The number of cyclic esters (lactones) is 1. The molecular formula is C22H20BrNO4. The average Bonchev–Trinajstić information content (AvgIpc) is 3.02. The van der Waals surface area contributed by atoms with Crippen LogP contribution in [0.25, 0.3) is 6.08 Å². The number of hydrogen-bond acceptors (Lipinski definition) is 5. The molecule has 0 aromatic heterocycles. The summed E-state index contributed by atoms with van der Waals surface area (Å²) in [6.45, 7) is 8.53. The Hall–Kier alpha value is -2.86. The highest BCUT2D eigenvalue weighted by molar-refractivity contribution is 9.10. The monoisotopic (exact) mass is 441 g/mol. The molecule has 3 rings (SSSR count). The summed E-state index contributed by atoms with van der Waals surface area (Å²) >= 11 is 3.40. The third-order valence-electron chi connectivity index (χ3n) is 3.74. The van der Waals surface area contributed by atoms with Crippen LogP contribution in [0.15, 0.2) is 69.8 Å². The van der Waals surface area contributed by atoms with Crippen molar-refractivity contribution in [1.82, 2.24) is 0 Å². The molecule has 0 aliphatic carbocycles. The summed E-state index contributed by atoms with van der Waals surface area (Å²) in [5, 5.41) is 0. The Labute approximate surface area is 172 Å². The lowest BCUT2D eigenvalue weighted by Gasteiger charge is -2.12. The van der Waals surface area contributed by atoms with Crippen LogP contribution in [0.3, 0.4) is 0 Å². The molecule has 28 heavy (non-hydrogen) atoms. The standard InChI is InChI=1S/C22H20BrNO4/c1-4-26-20-11-15(8-9-19(20)27-13-14(2)3)10-18-22(25)28-21(24-18)16-6-5-7-17(23)12-16/h5-12H,2,4,13H2,1,3H3/b18-10+. The van der Waals surface area contributed by atoms with Gasteiger partial charge in [0.15, 0.2) is 17.2 Å². The highest BCUT2D eigenvalue weighted by atomic mass is 79.9. The van der Waals surface area contributed by atoms with E-state index in [4.69, 9.17) is 14.2 Å². The van der Waals surface area contributed by atoms with Gasteiger partial charge in [-0.25, -0.2) is 9.79 Å². The molecule has 2 aromatic carbocycles. The van der Waals surface area contributed by atoms with Gasteiger partial charge in [-0.05, 0) is 61.4 Å². The molecule has 0 saturated carbocycles. The van der Waals surface area contributed by atoms with Gasteiger partial charge in [0.1, 0.15) is 6.61 Å². The molecule has 1 aliphatic rings. The average molecular weight is 442 g/mol. The predicted molar refractivity (Wildman–Crippen MR) is 113 cm³/mol. The van der Waals surface area contributed by atoms with E-state index in [0.717, 1.165) is 21.2 Å². The first kappa shape index (κ1) is 19.9. The van der Waals surface area contributed by atoms with Crippen LogP contribution >= 0.6 is 15.9 Å². The molecule has 6 heteroatoms. The van der Waals surface area contributed by atoms with Crippen molar-refractivity contribution in [3.05, 3.63) is 75.9 Å². The van der Waals surface area contributed by atoms with E-state index in [0.29, 0.717) is 24.7 Å². The molecule has 0 unspecified atom stereocenters. The molecule has 0 spiro atoms. The molecule has 1 heterocycles. The van der Waals surface area contributed by atoms with Gasteiger partial charge in [0.05, 0.1) is 6.61 Å². The van der Waals surface area contributed by atoms with Crippen LogP contribution in [0, 0.1) is 0 Å². The van der Waals surface area contributed by atoms with Crippen LogP contribution in [0.1, 0.15) is 25.0 Å². The Morgan fingerprint density at radius 3 is 2.75 bits per heavy atom. The summed E-state index contributed by atoms with van der Waals surface area (Å²) in [7, 11) is 0. The Kier molecular flexibility index (Phi) is 6.31. The lowest BCUT2D eigenvalue weighted by Crippen LogP contribution is -2.05. The van der Waals surface area contributed by atoms with Gasteiger partial charge in [0, 0.05) is 10.0 Å². The van der Waals surface area contributed by atoms with E-state index < -0.39 is 5.97 Å². The summed E-state index contributed by atoms with van der Waals surface area (Å²) in [5.41, 5.74) is 2.63. The molecule has 0 radical (unpaired) electrons. The van der Waals surface area contributed by atoms with Gasteiger partial charge in [0.2, 0.25) is 5.90 Å². The third-order valence-corrected chi connectivity index (χ3v) is 4.23. The second kappa shape index (κ2) is 8.89. The van der Waals surface area contributed by atoms with Crippen LogP contribution < -0.4 is 9.47 Å². The number of carbonyl (C=O) groups is 1. The first-order chi connectivity index (χ1) is 13.5. The minimum Gasteiger partial charge on any atom is -0.490 e. The van der Waals surface area contributed by atoms with Crippen molar-refractivity contribution in [2.75, 3.05) is 13.2 Å². The minimum absolute atomic E-state index is 0.230. The molecule has 0 bridgehead atoms. The van der Waals surface area contributed by atoms with Crippen LogP contribution in [-0.2, 0) is 9.53 Å². The number of carbonyl (C=O) groups excluding carboxylic acids is 1. The molecule has 0 fully saturated rings. The van der Waals surface area contributed by atoms with E-state index in [1.165, 1.54) is 0 Å². The maximum Gasteiger partial charge on any atom is 0.363 e. The summed E-state index contributed by atoms with van der Waals surface area (Å²) < 4.78 is 17.6. The Balaban J connectivity index is 1.88. The Bertz CT molecular complexity index is 978. The highest BCUT2D eigenvalue weighted by Gasteiger charge is 2.24. The number of benzene rings is 2. The zero-order chi connectivity index (χ0) is 20.1. The minimum atomic E-state index is -0.490. The van der Waals surface area contributed by atoms with Gasteiger partial charge < -0.3 is 14.2 Å². The van der Waals surface area contributed by atoms with E-state index in [1.54, 1.807) is 12.1 Å². The number of rotatable bonds is 7. The summed E-state index contributed by atoms with van der Waals surface area (Å²) in [5.74, 6) is 1.01. The van der Waals surface area contributed by atoms with Crippen molar-refractivity contribution in [3.8, 4) is 11.5 Å². The number of hydrogen-bond donors (Lipinski definition) is 0. The predicted octanol–water partition coefficient (Wildman–Crippen LogP) is 5.15. The lowest BCUT2D eigenvalue weighted by atomic mass is 10.1. The van der Waals surface area contributed by atoms with Gasteiger partial charge in [0.25, 0.3) is 0 Å². The third kappa shape index (κ3) is 4.89. The normalized spacial score (nSPS) is 14.6. The van der Waals surface area contributed by atoms with E-state index in [2.05, 4.69) is 27.5 Å². The fourth-order valence-electron chi connectivity index (χ4n) is 2.51. The first-order valence-corrected chi connectivity index (χ1v) is 9.58. The van der Waals surface area contributed by atoms with Gasteiger partial charge in [-0.2, -0.15) is 0 Å². The van der Waals surface area contributed by atoms with Crippen molar-refractivity contribution in [1.29, 1.82) is 0 Å². The zero-order valence-electron chi connectivity index (χ0n) is 15.7. The number of ether oxygens (including phenoxy) is 3. The molecular weight excluding hydrogens is 422 g/mol. The molecule has 1 aliphatic heterocycles. The van der Waals surface area contributed by atoms with Crippen LogP contribution in [-0.4, -0.2) is 25.1 Å². The summed E-state index contributed by atoms with van der Waals surface area (Å²) in [6, 6.07) is 12.9. The number of esters is 1. The smallest absolute Gasteiger partial charge is 0.363 e. The molecule has 2 aromatic rings. The Morgan fingerprint density at radius 2 is 2.04 bits per heavy atom. The maximum atomic E-state index is 12.2. The largest absolute Gasteiger partial charge is 0.490 e. The van der Waals surface area contributed by atoms with E-state index in [9.17, 15) is 4.79 Å². The van der Waals surface area contributed by atoms with Crippen LogP contribution in [0.2, 0.25) is 0 Å². The van der Waals surface area contributed by atoms with E-state index >= 15 is 0 Å². The van der Waals surface area contributed by atoms with Crippen molar-refractivity contribution in [2.45, 2.75) is 13.8 Å². The second-order valence-electron chi connectivity index (χ2n) is 6.23. The second-order valence-corrected chi connectivity index (χ2v) is 7.15. The topological polar surface area (TPSA) is 57.1 Å². The lowest BCUT2D eigenvalue weighted by molar-refractivity contribution is -0.129. The van der Waals surface area contributed by atoms with Crippen molar-refractivity contribution < 1.29 is 19.0 Å². The number of halogens is 1. The fourth-order valence-corrected chi connectivity index (χ4v) is 2.91. The van der Waals surface area contributed by atoms with Crippen LogP contribution in [0.4, 0.5) is 0 Å². The van der Waals surface area contributed by atoms with Gasteiger partial charge in [-0.3, -0.25) is 0 Å². The van der Waals surface area contributed by atoms with E-state index in [1.807, 2.05) is 50.2 Å². The summed E-state index contributed by atoms with van der Waals surface area (Å²) in [4.78, 5) is 16.6. The van der Waals surface area contributed by atoms with Gasteiger partial charge >= 0.3 is 5.97 Å². The van der Waals surface area contributed by atoms with Crippen molar-refractivity contribution in [2.24, 2.45) is 4.99 Å². The summed E-state index contributed by atoms with van der Waals surface area (Å²) in [6.07, 6.45) is 1.67. The Morgan fingerprint density at radius 1 is 1.21 bits per heavy atom. The fraction of sp³-hybridized carbons (Fsp3) is 0.182. The molecule has 144 valence electrons. The molecule has 0 N–H and O–H groups in total. The quantitative estimate of drug-likeness (QED) is 0.338. The highest BCUT2D eigenvalue weighted by Crippen LogP contribution is 2.30. The molecule has 0 saturated heterocycles. The van der Waals surface area contributed by atoms with Crippen LogP contribution in [0.5, 0.6) is 11.5 Å². The molecule has 5 nitrogen and oxygen atoms in total. The van der Waals surface area contributed by atoms with Crippen molar-refractivity contribution in [3.63, 3.8) is 0 Å². The molecule has 0 amide bonds. The molecule has 0 atom stereocenters. The van der Waals surface area contributed by atoms with Gasteiger partial charge in [-0.1, -0.05) is 34.6 Å².